The molecule has 1 N–H and O–H groups in total. The molecule has 0 fully saturated rings. The molecule has 0 radical (unpaired) electrons. The van der Waals surface area contributed by atoms with Crippen molar-refractivity contribution in [1.29, 1.82) is 5.26 Å². The highest BCUT2D eigenvalue weighted by atomic mass is 16.3. The van der Waals surface area contributed by atoms with Gasteiger partial charge in [0.2, 0.25) is 0 Å². The molecule has 0 saturated carbocycles. The molecule has 3 rings (SSSR count). The highest BCUT2D eigenvalue weighted by Crippen LogP contribution is 2.25. The molecule has 0 aliphatic rings. The number of pyridine rings is 1. The molecule has 2 aromatic carbocycles. The second-order valence-electron chi connectivity index (χ2n) is 4.60. The smallest absolute Gasteiger partial charge is 0.104 e. The van der Waals surface area contributed by atoms with Gasteiger partial charge in [-0.25, -0.2) is 0 Å². The minimum absolute atomic E-state index is 0.545. The number of aromatic nitrogens is 1. The van der Waals surface area contributed by atoms with Crippen molar-refractivity contribution in [3.8, 4) is 6.07 Å². The van der Waals surface area contributed by atoms with Crippen LogP contribution in [0.3, 0.4) is 0 Å². The van der Waals surface area contributed by atoms with E-state index in [9.17, 15) is 5.11 Å². The average Bonchev–Trinajstić information content (AvgIpc) is 2.53. The van der Waals surface area contributed by atoms with Crippen LogP contribution >= 0.6 is 0 Å². The molecule has 1 atom stereocenters. The standard InChI is InChI=1S/C17H12N2O/c18-11-12-3-1-4-14(9-12)17(20)15-6-7-16-13(10-15)5-2-8-19-16/h1-10,17,20H. The lowest BCUT2D eigenvalue weighted by molar-refractivity contribution is 0.220. The summed E-state index contributed by atoms with van der Waals surface area (Å²) in [5.41, 5.74) is 2.95. The van der Waals surface area contributed by atoms with E-state index in [2.05, 4.69) is 11.1 Å². The van der Waals surface area contributed by atoms with Crippen molar-refractivity contribution in [1.82, 2.24) is 4.98 Å². The third kappa shape index (κ3) is 2.25. The maximum atomic E-state index is 10.4. The number of aliphatic hydroxyl groups excluding tert-OH is 1. The zero-order valence-electron chi connectivity index (χ0n) is 10.7. The number of rotatable bonds is 2. The zero-order chi connectivity index (χ0) is 13.9. The Morgan fingerprint density at radius 1 is 1.00 bits per heavy atom. The molecule has 3 aromatic rings. The molecule has 0 aliphatic heterocycles. The highest BCUT2D eigenvalue weighted by Gasteiger charge is 2.11. The van der Waals surface area contributed by atoms with Crippen molar-refractivity contribution in [2.75, 3.05) is 0 Å². The summed E-state index contributed by atoms with van der Waals surface area (Å²) in [5, 5.41) is 20.3. The molecule has 1 unspecified atom stereocenters. The summed E-state index contributed by atoms with van der Waals surface area (Å²) in [6.07, 6.45) is 1.00. The quantitative estimate of drug-likeness (QED) is 0.769. The third-order valence-electron chi connectivity index (χ3n) is 3.27. The molecule has 96 valence electrons. The predicted molar refractivity (Wildman–Crippen MR) is 77.0 cm³/mol. The highest BCUT2D eigenvalue weighted by molar-refractivity contribution is 5.79. The van der Waals surface area contributed by atoms with Gasteiger partial charge in [0.1, 0.15) is 6.10 Å². The van der Waals surface area contributed by atoms with Gasteiger partial charge < -0.3 is 5.11 Å². The van der Waals surface area contributed by atoms with E-state index < -0.39 is 6.10 Å². The maximum absolute atomic E-state index is 10.4. The first-order valence-corrected chi connectivity index (χ1v) is 6.31. The van der Waals surface area contributed by atoms with Gasteiger partial charge in [0.15, 0.2) is 0 Å². The first-order chi connectivity index (χ1) is 9.78. The minimum Gasteiger partial charge on any atom is -0.384 e. The lowest BCUT2D eigenvalue weighted by Gasteiger charge is -2.12. The molecule has 1 aromatic heterocycles. The number of fused-ring (bicyclic) bond motifs is 1. The SMILES string of the molecule is N#Cc1cccc(C(O)c2ccc3ncccc3c2)c1. The number of hydrogen-bond acceptors (Lipinski definition) is 3. The molecule has 0 amide bonds. The van der Waals surface area contributed by atoms with Crippen molar-refractivity contribution in [3.05, 3.63) is 77.5 Å². The van der Waals surface area contributed by atoms with Crippen molar-refractivity contribution in [2.45, 2.75) is 6.10 Å². The summed E-state index contributed by atoms with van der Waals surface area (Å²) >= 11 is 0. The van der Waals surface area contributed by atoms with Crippen LogP contribution in [-0.2, 0) is 0 Å². The fourth-order valence-corrected chi connectivity index (χ4v) is 2.23. The average molecular weight is 260 g/mol. The fourth-order valence-electron chi connectivity index (χ4n) is 2.23. The van der Waals surface area contributed by atoms with Crippen LogP contribution in [0.1, 0.15) is 22.8 Å². The molecule has 1 heterocycles. The van der Waals surface area contributed by atoms with Gasteiger partial charge in [0.05, 0.1) is 17.1 Å². The summed E-state index contributed by atoms with van der Waals surface area (Å²) < 4.78 is 0. The van der Waals surface area contributed by atoms with Gasteiger partial charge in [-0.05, 0) is 41.5 Å². The molecule has 3 nitrogen and oxygen atoms in total. The second kappa shape index (κ2) is 5.12. The van der Waals surface area contributed by atoms with E-state index >= 15 is 0 Å². The van der Waals surface area contributed by atoms with E-state index in [1.54, 1.807) is 24.4 Å². The summed E-state index contributed by atoms with van der Waals surface area (Å²) in [6.45, 7) is 0. The van der Waals surface area contributed by atoms with Crippen LogP contribution in [0, 0.1) is 11.3 Å². The second-order valence-corrected chi connectivity index (χ2v) is 4.60. The van der Waals surface area contributed by atoms with Gasteiger partial charge in [-0.2, -0.15) is 5.26 Å². The van der Waals surface area contributed by atoms with Crippen LogP contribution in [0.15, 0.2) is 60.8 Å². The Morgan fingerprint density at radius 2 is 1.85 bits per heavy atom. The van der Waals surface area contributed by atoms with E-state index in [1.165, 1.54) is 0 Å². The first kappa shape index (κ1) is 12.3. The van der Waals surface area contributed by atoms with Crippen molar-refractivity contribution >= 4 is 10.9 Å². The Hall–Kier alpha value is -2.70. The van der Waals surface area contributed by atoms with E-state index in [0.717, 1.165) is 16.5 Å². The normalized spacial score (nSPS) is 12.0. The van der Waals surface area contributed by atoms with Crippen LogP contribution in [0.4, 0.5) is 0 Å². The summed E-state index contributed by atoms with van der Waals surface area (Å²) in [6, 6.07) is 18.6. The Labute approximate surface area is 116 Å². The summed E-state index contributed by atoms with van der Waals surface area (Å²) in [4.78, 5) is 4.26. The molecule has 0 aliphatic carbocycles. The van der Waals surface area contributed by atoms with Gasteiger partial charge in [-0.1, -0.05) is 24.3 Å². The number of nitrogens with zero attached hydrogens (tertiary/aromatic N) is 2. The monoisotopic (exact) mass is 260 g/mol. The van der Waals surface area contributed by atoms with Crippen molar-refractivity contribution in [3.63, 3.8) is 0 Å². The van der Waals surface area contributed by atoms with Crippen LogP contribution in [0.5, 0.6) is 0 Å². The van der Waals surface area contributed by atoms with Crippen LogP contribution in [0.25, 0.3) is 10.9 Å². The van der Waals surface area contributed by atoms with Gasteiger partial charge in [0, 0.05) is 11.6 Å². The number of aliphatic hydroxyl groups is 1. The van der Waals surface area contributed by atoms with E-state index in [4.69, 9.17) is 5.26 Å². The molecule has 0 bridgehead atoms. The van der Waals surface area contributed by atoms with Gasteiger partial charge in [-0.15, -0.1) is 0 Å². The predicted octanol–water partition coefficient (Wildman–Crippen LogP) is 3.19. The van der Waals surface area contributed by atoms with Crippen molar-refractivity contribution in [2.24, 2.45) is 0 Å². The van der Waals surface area contributed by atoms with Crippen molar-refractivity contribution < 1.29 is 5.11 Å². The van der Waals surface area contributed by atoms with Gasteiger partial charge >= 0.3 is 0 Å². The van der Waals surface area contributed by atoms with Crippen LogP contribution in [-0.4, -0.2) is 10.1 Å². The number of benzene rings is 2. The Bertz CT molecular complexity index is 805. The number of nitriles is 1. The summed E-state index contributed by atoms with van der Waals surface area (Å²) in [7, 11) is 0. The van der Waals surface area contributed by atoms with Crippen LogP contribution < -0.4 is 0 Å². The van der Waals surface area contributed by atoms with Crippen LogP contribution in [0.2, 0.25) is 0 Å². The molecular weight excluding hydrogens is 248 g/mol. The van der Waals surface area contributed by atoms with E-state index in [1.807, 2.05) is 36.4 Å². The molecule has 0 spiro atoms. The van der Waals surface area contributed by atoms with E-state index in [-0.39, 0.29) is 0 Å². The number of hydrogen-bond donors (Lipinski definition) is 1. The Balaban J connectivity index is 2.03. The largest absolute Gasteiger partial charge is 0.384 e. The van der Waals surface area contributed by atoms with Gasteiger partial charge in [0.25, 0.3) is 0 Å². The minimum atomic E-state index is -0.743. The summed E-state index contributed by atoms with van der Waals surface area (Å²) in [5.74, 6) is 0. The molecule has 3 heteroatoms. The zero-order valence-corrected chi connectivity index (χ0v) is 10.7. The third-order valence-corrected chi connectivity index (χ3v) is 3.27. The fraction of sp³-hybridized carbons (Fsp3) is 0.0588. The lowest BCUT2D eigenvalue weighted by Crippen LogP contribution is -2.00. The molecular formula is C17H12N2O. The topological polar surface area (TPSA) is 56.9 Å². The van der Waals surface area contributed by atoms with Gasteiger partial charge in [-0.3, -0.25) is 4.98 Å². The Kier molecular flexibility index (Phi) is 3.16. The lowest BCUT2D eigenvalue weighted by atomic mass is 9.98. The first-order valence-electron chi connectivity index (χ1n) is 6.31. The molecule has 20 heavy (non-hydrogen) atoms. The Morgan fingerprint density at radius 3 is 2.70 bits per heavy atom. The maximum Gasteiger partial charge on any atom is 0.104 e. The van der Waals surface area contributed by atoms with E-state index in [0.29, 0.717) is 11.1 Å². The molecule has 0 saturated heterocycles.